The second-order valence-corrected chi connectivity index (χ2v) is 9.95. The Bertz CT molecular complexity index is 567. The number of carbonyl (C=O) groups excluding carboxylic acids is 2. The molecule has 0 spiro atoms. The molecule has 2 fully saturated rings. The molecular weight excluding hydrogens is 405 g/mol. The molecule has 162 valence electrons. The molecule has 4 N–H and O–H groups in total. The number of amides is 3. The molecule has 0 saturated carbocycles. The Balaban J connectivity index is 1.39. The lowest BCUT2D eigenvalue weighted by Crippen LogP contribution is -2.36. The molecule has 4 atom stereocenters. The average Bonchev–Trinajstić information content (AvgIpc) is 3.20. The number of phosphoric acid groups is 1. The van der Waals surface area contributed by atoms with E-state index in [2.05, 4.69) is 20.5 Å². The number of rotatable bonds is 14. The highest BCUT2D eigenvalue weighted by Crippen LogP contribution is 2.41. The first-order valence-corrected chi connectivity index (χ1v) is 12.4. The molecule has 28 heavy (non-hydrogen) atoms. The van der Waals surface area contributed by atoms with Crippen molar-refractivity contribution in [1.29, 1.82) is 0 Å². The number of unbranched alkanes of at least 4 members (excludes halogenated alkanes) is 4. The molecule has 0 aliphatic carbocycles. The molecular formula is C17H32N3O6PS. The Labute approximate surface area is 170 Å². The fraction of sp³-hybridized carbons (Fsp3) is 0.882. The lowest BCUT2D eigenvalue weighted by Gasteiger charge is -2.16. The number of nitrogens with one attached hydrogen (secondary N) is 3. The van der Waals surface area contributed by atoms with E-state index in [9.17, 15) is 14.2 Å². The normalized spacial score (nSPS) is 25.6. The van der Waals surface area contributed by atoms with E-state index < -0.39 is 7.82 Å². The third kappa shape index (κ3) is 8.29. The summed E-state index contributed by atoms with van der Waals surface area (Å²) in [7, 11) is -2.72. The van der Waals surface area contributed by atoms with Gasteiger partial charge in [-0.3, -0.25) is 13.8 Å². The van der Waals surface area contributed by atoms with Crippen molar-refractivity contribution >= 4 is 31.5 Å². The van der Waals surface area contributed by atoms with E-state index in [1.807, 2.05) is 11.8 Å². The monoisotopic (exact) mass is 437 g/mol. The minimum absolute atomic E-state index is 0.0597. The molecule has 2 heterocycles. The van der Waals surface area contributed by atoms with Crippen LogP contribution in [0.3, 0.4) is 0 Å². The lowest BCUT2D eigenvalue weighted by atomic mass is 10.0. The van der Waals surface area contributed by atoms with Crippen LogP contribution in [0.4, 0.5) is 4.79 Å². The van der Waals surface area contributed by atoms with Gasteiger partial charge in [-0.2, -0.15) is 11.8 Å². The van der Waals surface area contributed by atoms with Gasteiger partial charge in [-0.05, 0) is 25.7 Å². The van der Waals surface area contributed by atoms with Crippen LogP contribution in [0.5, 0.6) is 0 Å². The van der Waals surface area contributed by atoms with Gasteiger partial charge < -0.3 is 20.8 Å². The smallest absolute Gasteiger partial charge is 0.356 e. The Hall–Kier alpha value is -0.800. The van der Waals surface area contributed by atoms with Gasteiger partial charge in [0.2, 0.25) is 5.91 Å². The number of thioether (sulfide) groups is 1. The minimum atomic E-state index is -3.86. The van der Waals surface area contributed by atoms with E-state index in [1.54, 1.807) is 0 Å². The Morgan fingerprint density at radius 2 is 2.04 bits per heavy atom. The Morgan fingerprint density at radius 3 is 2.82 bits per heavy atom. The summed E-state index contributed by atoms with van der Waals surface area (Å²) in [6.07, 6.45) is 6.75. The maximum atomic E-state index is 11.9. The van der Waals surface area contributed by atoms with Crippen molar-refractivity contribution in [3.05, 3.63) is 0 Å². The van der Waals surface area contributed by atoms with Crippen molar-refractivity contribution in [1.82, 2.24) is 16.0 Å². The van der Waals surface area contributed by atoms with Crippen molar-refractivity contribution in [3.63, 3.8) is 0 Å². The van der Waals surface area contributed by atoms with Crippen LogP contribution in [-0.4, -0.2) is 60.2 Å². The summed E-state index contributed by atoms with van der Waals surface area (Å²) in [6, 6.07) is 0.427. The summed E-state index contributed by atoms with van der Waals surface area (Å²) in [6.45, 7) is 0.838. The molecule has 2 rings (SSSR count). The fourth-order valence-corrected chi connectivity index (χ4v) is 5.41. The van der Waals surface area contributed by atoms with Crippen LogP contribution in [0.15, 0.2) is 0 Å². The van der Waals surface area contributed by atoms with Gasteiger partial charge >= 0.3 is 13.9 Å². The van der Waals surface area contributed by atoms with Crippen molar-refractivity contribution in [2.45, 2.75) is 68.7 Å². The van der Waals surface area contributed by atoms with Crippen molar-refractivity contribution in [2.75, 3.05) is 26.0 Å². The minimum Gasteiger partial charge on any atom is -0.356 e. The highest BCUT2D eigenvalue weighted by Gasteiger charge is 2.42. The first-order valence-electron chi connectivity index (χ1n) is 9.89. The Morgan fingerprint density at radius 1 is 1.25 bits per heavy atom. The molecule has 0 radical (unpaired) electrons. The zero-order chi connectivity index (χ0) is 20.4. The summed E-state index contributed by atoms with van der Waals surface area (Å²) in [5, 5.41) is 9.30. The molecule has 4 unspecified atom stereocenters. The summed E-state index contributed by atoms with van der Waals surface area (Å²) in [4.78, 5) is 32.3. The van der Waals surface area contributed by atoms with Crippen LogP contribution in [0, 0.1) is 0 Å². The van der Waals surface area contributed by atoms with E-state index in [-0.39, 0.29) is 30.6 Å². The molecule has 0 aromatic rings. The summed E-state index contributed by atoms with van der Waals surface area (Å²) < 4.78 is 20.1. The van der Waals surface area contributed by atoms with Crippen molar-refractivity contribution in [3.8, 4) is 0 Å². The molecule has 0 bridgehead atoms. The SMILES string of the molecule is COP(=O)(O)OCCCCCCNC(=O)CCCCC1SCC2NC(=O)NC21. The molecule has 11 heteroatoms. The maximum absolute atomic E-state index is 11.9. The van der Waals surface area contributed by atoms with Gasteiger partial charge in [0, 0.05) is 31.1 Å². The zero-order valence-corrected chi connectivity index (χ0v) is 18.1. The predicted octanol–water partition coefficient (Wildman–Crippen LogP) is 2.15. The van der Waals surface area contributed by atoms with E-state index in [1.165, 1.54) is 0 Å². The summed E-state index contributed by atoms with van der Waals surface area (Å²) in [5.74, 6) is 1.05. The number of hydrogen-bond donors (Lipinski definition) is 4. The van der Waals surface area contributed by atoms with Gasteiger partial charge in [0.05, 0.1) is 18.7 Å². The molecule has 0 aromatic heterocycles. The first kappa shape index (κ1) is 23.5. The van der Waals surface area contributed by atoms with E-state index >= 15 is 0 Å². The van der Waals surface area contributed by atoms with Gasteiger partial charge in [-0.15, -0.1) is 0 Å². The number of fused-ring (bicyclic) bond motifs is 1. The molecule has 3 amide bonds. The number of phosphoric ester groups is 1. The van der Waals surface area contributed by atoms with Crippen LogP contribution in [0.1, 0.15) is 51.4 Å². The zero-order valence-electron chi connectivity index (χ0n) is 16.4. The number of carbonyl (C=O) groups is 2. The fourth-order valence-electron chi connectivity index (χ4n) is 3.40. The largest absolute Gasteiger partial charge is 0.471 e. The third-order valence-electron chi connectivity index (χ3n) is 4.96. The van der Waals surface area contributed by atoms with E-state index in [0.29, 0.717) is 24.6 Å². The molecule has 2 aliphatic rings. The Kier molecular flexibility index (Phi) is 10.1. The van der Waals surface area contributed by atoms with Crippen LogP contribution in [0.25, 0.3) is 0 Å². The molecule has 9 nitrogen and oxygen atoms in total. The lowest BCUT2D eigenvalue weighted by molar-refractivity contribution is -0.121. The van der Waals surface area contributed by atoms with Crippen LogP contribution in [-0.2, 0) is 18.4 Å². The van der Waals surface area contributed by atoms with Crippen LogP contribution >= 0.6 is 19.6 Å². The van der Waals surface area contributed by atoms with Crippen LogP contribution < -0.4 is 16.0 Å². The van der Waals surface area contributed by atoms with Gasteiger partial charge in [-0.1, -0.05) is 19.3 Å². The average molecular weight is 437 g/mol. The van der Waals surface area contributed by atoms with Crippen molar-refractivity contribution in [2.24, 2.45) is 0 Å². The van der Waals surface area contributed by atoms with E-state index in [4.69, 9.17) is 9.42 Å². The molecule has 2 aliphatic heterocycles. The quantitative estimate of drug-likeness (QED) is 0.186. The molecule has 2 saturated heterocycles. The predicted molar refractivity (Wildman–Crippen MR) is 108 cm³/mol. The summed E-state index contributed by atoms with van der Waals surface area (Å²) >= 11 is 1.90. The summed E-state index contributed by atoms with van der Waals surface area (Å²) in [5.41, 5.74) is 0. The highest BCUT2D eigenvalue weighted by molar-refractivity contribution is 8.00. The van der Waals surface area contributed by atoms with Gasteiger partial charge in [0.25, 0.3) is 0 Å². The number of hydrogen-bond acceptors (Lipinski definition) is 6. The topological polar surface area (TPSA) is 126 Å². The van der Waals surface area contributed by atoms with Gasteiger partial charge in [0.15, 0.2) is 0 Å². The van der Waals surface area contributed by atoms with E-state index in [0.717, 1.165) is 51.4 Å². The van der Waals surface area contributed by atoms with Gasteiger partial charge in [0.1, 0.15) is 0 Å². The molecule has 0 aromatic carbocycles. The third-order valence-corrected chi connectivity index (χ3v) is 7.44. The standard InChI is InChI=1S/C17H32N3O6PS/c1-25-27(23,24)26-11-7-3-2-6-10-18-15(21)9-5-4-8-14-16-13(12-28-14)19-17(22)20-16/h13-14,16H,2-12H2,1H3,(H,18,21)(H,23,24)(H2,19,20,22). The van der Waals surface area contributed by atoms with Crippen molar-refractivity contribution < 1.29 is 28.1 Å². The maximum Gasteiger partial charge on any atom is 0.471 e. The highest BCUT2D eigenvalue weighted by atomic mass is 32.2. The first-order chi connectivity index (χ1) is 13.4. The second kappa shape index (κ2) is 12.0. The number of urea groups is 1. The van der Waals surface area contributed by atoms with Crippen LogP contribution in [0.2, 0.25) is 0 Å². The van der Waals surface area contributed by atoms with Gasteiger partial charge in [-0.25, -0.2) is 9.36 Å². The second-order valence-electron chi connectivity index (χ2n) is 7.12.